The van der Waals surface area contributed by atoms with E-state index in [2.05, 4.69) is 15.6 Å². The van der Waals surface area contributed by atoms with Crippen LogP contribution in [0.2, 0.25) is 5.02 Å². The molecule has 0 radical (unpaired) electrons. The topological polar surface area (TPSA) is 71.1 Å². The van der Waals surface area contributed by atoms with Crippen LogP contribution in [0.4, 0.5) is 11.4 Å². The minimum atomic E-state index is -0.362. The highest BCUT2D eigenvalue weighted by Gasteiger charge is 2.09. The highest BCUT2D eigenvalue weighted by atomic mass is 35.5. The Bertz CT molecular complexity index is 689. The van der Waals surface area contributed by atoms with Crippen LogP contribution in [-0.2, 0) is 4.79 Å². The fourth-order valence-electron chi connectivity index (χ4n) is 1.85. The first-order valence-corrected chi connectivity index (χ1v) is 7.29. The van der Waals surface area contributed by atoms with Gasteiger partial charge in [-0.05, 0) is 36.8 Å². The van der Waals surface area contributed by atoms with Gasteiger partial charge in [0.1, 0.15) is 5.69 Å². The Kier molecular flexibility index (Phi) is 5.49. The summed E-state index contributed by atoms with van der Waals surface area (Å²) in [5.74, 6) is -0.415. The minimum absolute atomic E-state index is 0.0533. The van der Waals surface area contributed by atoms with E-state index in [1.807, 2.05) is 6.92 Å². The summed E-state index contributed by atoms with van der Waals surface area (Å²) < 4.78 is 0. The maximum Gasteiger partial charge on any atom is 0.274 e. The maximum atomic E-state index is 12.1. The summed E-state index contributed by atoms with van der Waals surface area (Å²) in [5.41, 5.74) is 1.43. The van der Waals surface area contributed by atoms with E-state index >= 15 is 0 Å². The van der Waals surface area contributed by atoms with Gasteiger partial charge in [-0.3, -0.25) is 14.6 Å². The third-order valence-electron chi connectivity index (χ3n) is 2.84. The second kappa shape index (κ2) is 7.56. The highest BCUT2D eigenvalue weighted by molar-refractivity contribution is 6.30. The number of hydrogen-bond acceptors (Lipinski definition) is 3. The van der Waals surface area contributed by atoms with Gasteiger partial charge in [0.25, 0.3) is 5.91 Å². The summed E-state index contributed by atoms with van der Waals surface area (Å²) in [6.45, 7) is 1.94. The van der Waals surface area contributed by atoms with E-state index in [-0.39, 0.29) is 17.5 Å². The number of halogens is 1. The Balaban J connectivity index is 2.07. The molecule has 0 bridgehead atoms. The number of nitrogens with one attached hydrogen (secondary N) is 2. The zero-order chi connectivity index (χ0) is 15.9. The van der Waals surface area contributed by atoms with Crippen LogP contribution in [-0.4, -0.2) is 16.8 Å². The van der Waals surface area contributed by atoms with Crippen molar-refractivity contribution in [2.24, 2.45) is 0 Å². The Morgan fingerprint density at radius 2 is 1.86 bits per heavy atom. The number of nitrogens with zero attached hydrogens (tertiary/aromatic N) is 1. The van der Waals surface area contributed by atoms with Crippen LogP contribution in [0, 0.1) is 0 Å². The molecule has 2 rings (SSSR count). The van der Waals surface area contributed by atoms with Gasteiger partial charge in [-0.1, -0.05) is 24.6 Å². The standard InChI is InChI=1S/C16H16ClN3O2/c1-2-4-15(21)19-12-5-3-6-13(10-12)20-16(22)14-9-11(17)7-8-18-14/h3,5-10H,2,4H2,1H3,(H,19,21)(H,20,22). The van der Waals surface area contributed by atoms with Crippen LogP contribution in [0.3, 0.4) is 0 Å². The van der Waals surface area contributed by atoms with Crippen molar-refractivity contribution in [1.29, 1.82) is 0 Å². The molecule has 0 unspecified atom stereocenters. The number of carbonyl (C=O) groups is 2. The van der Waals surface area contributed by atoms with Gasteiger partial charge in [0.2, 0.25) is 5.91 Å². The number of pyridine rings is 1. The molecule has 0 aliphatic heterocycles. The lowest BCUT2D eigenvalue weighted by molar-refractivity contribution is -0.116. The monoisotopic (exact) mass is 317 g/mol. The molecular weight excluding hydrogens is 302 g/mol. The Morgan fingerprint density at radius 3 is 2.55 bits per heavy atom. The number of hydrogen-bond donors (Lipinski definition) is 2. The highest BCUT2D eigenvalue weighted by Crippen LogP contribution is 2.17. The summed E-state index contributed by atoms with van der Waals surface area (Å²) in [6.07, 6.45) is 2.71. The van der Waals surface area contributed by atoms with Crippen LogP contribution in [0.15, 0.2) is 42.6 Å². The number of amides is 2. The van der Waals surface area contributed by atoms with Crippen LogP contribution in [0.1, 0.15) is 30.3 Å². The molecule has 0 aliphatic carbocycles. The lowest BCUT2D eigenvalue weighted by Crippen LogP contribution is -2.14. The normalized spacial score (nSPS) is 10.1. The molecule has 2 N–H and O–H groups in total. The summed E-state index contributed by atoms with van der Waals surface area (Å²) in [5, 5.41) is 5.94. The molecule has 2 amide bonds. The summed E-state index contributed by atoms with van der Waals surface area (Å²) in [7, 11) is 0. The summed E-state index contributed by atoms with van der Waals surface area (Å²) >= 11 is 5.84. The van der Waals surface area contributed by atoms with Crippen LogP contribution < -0.4 is 10.6 Å². The molecule has 1 aromatic heterocycles. The van der Waals surface area contributed by atoms with E-state index < -0.39 is 0 Å². The van der Waals surface area contributed by atoms with E-state index in [0.29, 0.717) is 22.8 Å². The first-order chi connectivity index (χ1) is 10.6. The molecule has 1 aromatic carbocycles. The number of aromatic nitrogens is 1. The zero-order valence-corrected chi connectivity index (χ0v) is 12.9. The second-order valence-corrected chi connectivity index (χ2v) is 5.13. The van der Waals surface area contributed by atoms with Crippen molar-refractivity contribution in [3.05, 3.63) is 53.3 Å². The van der Waals surface area contributed by atoms with Gasteiger partial charge in [0, 0.05) is 29.0 Å². The molecule has 6 heteroatoms. The SMILES string of the molecule is CCCC(=O)Nc1cccc(NC(=O)c2cc(Cl)ccn2)c1. The van der Waals surface area contributed by atoms with Crippen molar-refractivity contribution >= 4 is 34.8 Å². The quantitative estimate of drug-likeness (QED) is 0.882. The molecule has 0 saturated heterocycles. The molecule has 0 atom stereocenters. The minimum Gasteiger partial charge on any atom is -0.326 e. The predicted molar refractivity (Wildman–Crippen MR) is 87.2 cm³/mol. The van der Waals surface area contributed by atoms with Gasteiger partial charge in [-0.15, -0.1) is 0 Å². The Labute approximate surface area is 133 Å². The number of rotatable bonds is 5. The first-order valence-electron chi connectivity index (χ1n) is 6.91. The first kappa shape index (κ1) is 16.0. The van der Waals surface area contributed by atoms with E-state index in [1.165, 1.54) is 12.3 Å². The molecule has 0 spiro atoms. The van der Waals surface area contributed by atoms with Crippen LogP contribution in [0.25, 0.3) is 0 Å². The van der Waals surface area contributed by atoms with Crippen molar-refractivity contribution in [3.63, 3.8) is 0 Å². The summed E-state index contributed by atoms with van der Waals surface area (Å²) in [6, 6.07) is 10.0. The Morgan fingerprint density at radius 1 is 1.14 bits per heavy atom. The lowest BCUT2D eigenvalue weighted by Gasteiger charge is -2.08. The Hall–Kier alpha value is -2.40. The van der Waals surface area contributed by atoms with Gasteiger partial charge in [0.15, 0.2) is 0 Å². The van der Waals surface area contributed by atoms with E-state index in [4.69, 9.17) is 11.6 Å². The lowest BCUT2D eigenvalue weighted by atomic mass is 10.2. The van der Waals surface area contributed by atoms with E-state index in [1.54, 1.807) is 30.3 Å². The number of carbonyl (C=O) groups excluding carboxylic acids is 2. The molecule has 5 nitrogen and oxygen atoms in total. The average Bonchev–Trinajstić information content (AvgIpc) is 2.47. The van der Waals surface area contributed by atoms with Crippen LogP contribution >= 0.6 is 11.6 Å². The van der Waals surface area contributed by atoms with Crippen molar-refractivity contribution < 1.29 is 9.59 Å². The van der Waals surface area contributed by atoms with Crippen molar-refractivity contribution in [1.82, 2.24) is 4.98 Å². The van der Waals surface area contributed by atoms with Gasteiger partial charge in [-0.2, -0.15) is 0 Å². The van der Waals surface area contributed by atoms with Crippen LogP contribution in [0.5, 0.6) is 0 Å². The fraction of sp³-hybridized carbons (Fsp3) is 0.188. The molecular formula is C16H16ClN3O2. The zero-order valence-electron chi connectivity index (χ0n) is 12.1. The molecule has 0 saturated carbocycles. The number of benzene rings is 1. The third kappa shape index (κ3) is 4.56. The molecule has 1 heterocycles. The maximum absolute atomic E-state index is 12.1. The van der Waals surface area contributed by atoms with E-state index in [0.717, 1.165) is 6.42 Å². The number of anilines is 2. The summed E-state index contributed by atoms with van der Waals surface area (Å²) in [4.78, 5) is 27.6. The van der Waals surface area contributed by atoms with E-state index in [9.17, 15) is 9.59 Å². The van der Waals surface area contributed by atoms with Gasteiger partial charge in [-0.25, -0.2) is 0 Å². The van der Waals surface area contributed by atoms with Gasteiger partial charge < -0.3 is 10.6 Å². The van der Waals surface area contributed by atoms with Gasteiger partial charge >= 0.3 is 0 Å². The molecule has 114 valence electrons. The molecule has 0 aliphatic rings. The van der Waals surface area contributed by atoms with Crippen molar-refractivity contribution in [2.45, 2.75) is 19.8 Å². The molecule has 22 heavy (non-hydrogen) atoms. The van der Waals surface area contributed by atoms with Gasteiger partial charge in [0.05, 0.1) is 0 Å². The second-order valence-electron chi connectivity index (χ2n) is 4.69. The smallest absolute Gasteiger partial charge is 0.274 e. The van der Waals surface area contributed by atoms with Crippen molar-refractivity contribution in [3.8, 4) is 0 Å². The fourth-order valence-corrected chi connectivity index (χ4v) is 2.01. The molecule has 0 fully saturated rings. The largest absolute Gasteiger partial charge is 0.326 e. The average molecular weight is 318 g/mol. The van der Waals surface area contributed by atoms with Crippen molar-refractivity contribution in [2.75, 3.05) is 10.6 Å². The third-order valence-corrected chi connectivity index (χ3v) is 3.07. The predicted octanol–water partition coefficient (Wildman–Crippen LogP) is 3.73. The molecule has 2 aromatic rings.